The van der Waals surface area contributed by atoms with E-state index in [1.165, 1.54) is 18.0 Å². The van der Waals surface area contributed by atoms with Crippen LogP contribution in [0.3, 0.4) is 0 Å². The van der Waals surface area contributed by atoms with E-state index >= 15 is 0 Å². The highest BCUT2D eigenvalue weighted by atomic mass is 16.5. The average molecular weight is 237 g/mol. The minimum atomic E-state index is -0.911. The van der Waals surface area contributed by atoms with Crippen molar-refractivity contribution in [3.63, 3.8) is 0 Å². The molecule has 3 N–H and O–H groups in total. The third-order valence-corrected chi connectivity index (χ3v) is 2.74. The number of ether oxygens (including phenoxy) is 1. The van der Waals surface area contributed by atoms with E-state index in [1.807, 2.05) is 0 Å². The maximum atomic E-state index is 10.3. The van der Waals surface area contributed by atoms with E-state index in [0.29, 0.717) is 22.8 Å². The summed E-state index contributed by atoms with van der Waals surface area (Å²) in [5, 5.41) is 18.3. The lowest BCUT2D eigenvalue weighted by Crippen LogP contribution is -2.10. The van der Waals surface area contributed by atoms with E-state index in [-0.39, 0.29) is 0 Å². The smallest absolute Gasteiger partial charge is 0.162 e. The van der Waals surface area contributed by atoms with Crippen LogP contribution < -0.4 is 10.5 Å². The highest BCUT2D eigenvalue weighted by Crippen LogP contribution is 2.31. The first kappa shape index (κ1) is 11.5. The van der Waals surface area contributed by atoms with Gasteiger partial charge in [-0.3, -0.25) is 9.36 Å². The van der Waals surface area contributed by atoms with Crippen molar-refractivity contribution in [1.82, 2.24) is 19.6 Å². The molecule has 0 aliphatic carbocycles. The number of nitrogens with two attached hydrogens (primary N) is 1. The Morgan fingerprint density at radius 1 is 1.29 bits per heavy atom. The van der Waals surface area contributed by atoms with Gasteiger partial charge in [0, 0.05) is 19.7 Å². The third-order valence-electron chi connectivity index (χ3n) is 2.74. The van der Waals surface area contributed by atoms with Gasteiger partial charge in [0.2, 0.25) is 0 Å². The number of methoxy groups -OCH3 is 1. The molecule has 92 valence electrons. The molecule has 0 aliphatic heterocycles. The van der Waals surface area contributed by atoms with Crippen LogP contribution in [-0.2, 0) is 14.1 Å². The summed E-state index contributed by atoms with van der Waals surface area (Å²) in [7, 11) is 4.97. The molecule has 0 aliphatic rings. The van der Waals surface area contributed by atoms with Crippen molar-refractivity contribution in [3.8, 4) is 5.75 Å². The topological polar surface area (TPSA) is 91.1 Å². The molecule has 7 heteroatoms. The molecular weight excluding hydrogens is 222 g/mol. The highest BCUT2D eigenvalue weighted by Gasteiger charge is 2.23. The van der Waals surface area contributed by atoms with Crippen LogP contribution in [0.25, 0.3) is 0 Å². The number of aliphatic hydroxyl groups is 1. The first-order valence-electron chi connectivity index (χ1n) is 5.07. The van der Waals surface area contributed by atoms with Crippen LogP contribution in [0, 0.1) is 0 Å². The second-order valence-electron chi connectivity index (χ2n) is 3.73. The number of hydrogen-bond acceptors (Lipinski definition) is 5. The number of nitrogens with zero attached hydrogens (tertiary/aromatic N) is 4. The molecule has 7 nitrogen and oxygen atoms in total. The van der Waals surface area contributed by atoms with Crippen LogP contribution in [0.5, 0.6) is 5.75 Å². The van der Waals surface area contributed by atoms with E-state index < -0.39 is 6.10 Å². The molecule has 0 amide bonds. The first-order valence-corrected chi connectivity index (χ1v) is 5.07. The van der Waals surface area contributed by atoms with Gasteiger partial charge < -0.3 is 15.6 Å². The molecule has 0 aromatic carbocycles. The van der Waals surface area contributed by atoms with Crippen molar-refractivity contribution in [2.45, 2.75) is 6.10 Å². The summed E-state index contributed by atoms with van der Waals surface area (Å²) < 4.78 is 8.20. The molecule has 2 rings (SSSR count). The molecule has 0 saturated carbocycles. The van der Waals surface area contributed by atoms with Crippen molar-refractivity contribution in [2.24, 2.45) is 14.1 Å². The summed E-state index contributed by atoms with van der Waals surface area (Å²) in [6.45, 7) is 0. The minimum Gasteiger partial charge on any atom is -0.493 e. The molecule has 1 atom stereocenters. The summed E-state index contributed by atoms with van der Waals surface area (Å²) >= 11 is 0. The van der Waals surface area contributed by atoms with Crippen LogP contribution in [0.15, 0.2) is 12.4 Å². The molecule has 0 bridgehead atoms. The van der Waals surface area contributed by atoms with E-state index in [0.717, 1.165) is 0 Å². The zero-order valence-electron chi connectivity index (χ0n) is 9.95. The number of nitrogen functional groups attached to an aromatic ring is 1. The monoisotopic (exact) mass is 237 g/mol. The number of aromatic nitrogens is 4. The average Bonchev–Trinajstić information content (AvgIpc) is 2.83. The van der Waals surface area contributed by atoms with Gasteiger partial charge in [-0.25, -0.2) is 0 Å². The molecule has 1 unspecified atom stereocenters. The zero-order valence-corrected chi connectivity index (χ0v) is 9.95. The Morgan fingerprint density at radius 3 is 2.47 bits per heavy atom. The van der Waals surface area contributed by atoms with Crippen molar-refractivity contribution < 1.29 is 9.84 Å². The van der Waals surface area contributed by atoms with E-state index in [4.69, 9.17) is 10.5 Å². The van der Waals surface area contributed by atoms with Crippen molar-refractivity contribution in [2.75, 3.05) is 12.8 Å². The van der Waals surface area contributed by atoms with Gasteiger partial charge in [-0.15, -0.1) is 0 Å². The lowest BCUT2D eigenvalue weighted by Gasteiger charge is -2.12. The third kappa shape index (κ3) is 1.74. The Morgan fingerprint density at radius 2 is 1.94 bits per heavy atom. The molecule has 17 heavy (non-hydrogen) atoms. The lowest BCUT2D eigenvalue weighted by molar-refractivity contribution is 0.205. The number of anilines is 1. The summed E-state index contributed by atoms with van der Waals surface area (Å²) in [4.78, 5) is 0. The van der Waals surface area contributed by atoms with Crippen LogP contribution in [0.4, 0.5) is 5.82 Å². The Bertz CT molecular complexity index is 531. The summed E-state index contributed by atoms with van der Waals surface area (Å²) in [5.41, 5.74) is 6.91. The van der Waals surface area contributed by atoms with Crippen molar-refractivity contribution in [3.05, 3.63) is 23.7 Å². The summed E-state index contributed by atoms with van der Waals surface area (Å²) in [6, 6.07) is 0. The van der Waals surface area contributed by atoms with Crippen molar-refractivity contribution in [1.29, 1.82) is 0 Å². The van der Waals surface area contributed by atoms with E-state index in [9.17, 15) is 5.11 Å². The molecule has 0 radical (unpaired) electrons. The fourth-order valence-electron chi connectivity index (χ4n) is 1.72. The van der Waals surface area contributed by atoms with Crippen molar-refractivity contribution >= 4 is 5.82 Å². The zero-order chi connectivity index (χ0) is 12.6. The van der Waals surface area contributed by atoms with Gasteiger partial charge in [0.05, 0.1) is 19.5 Å². The standard InChI is InChI=1S/C10H15N5O2/c1-14-8(7(17-3)5-13-14)9(16)6-4-12-15(2)10(6)11/h4-5,9,16H,11H2,1-3H3. The second kappa shape index (κ2) is 4.10. The molecule has 2 aromatic heterocycles. The Labute approximate surface area is 98.4 Å². The Kier molecular flexibility index (Phi) is 2.76. The molecule has 0 spiro atoms. The number of hydrogen-bond donors (Lipinski definition) is 2. The number of aliphatic hydroxyl groups excluding tert-OH is 1. The lowest BCUT2D eigenvalue weighted by atomic mass is 10.1. The SMILES string of the molecule is COc1cnn(C)c1C(O)c1cnn(C)c1N. The maximum absolute atomic E-state index is 10.3. The largest absolute Gasteiger partial charge is 0.493 e. The Balaban J connectivity index is 2.46. The fraction of sp³-hybridized carbons (Fsp3) is 0.400. The van der Waals surface area contributed by atoms with Crippen LogP contribution in [-0.4, -0.2) is 31.8 Å². The molecule has 2 heterocycles. The molecule has 2 aromatic rings. The minimum absolute atomic E-state index is 0.417. The predicted molar refractivity (Wildman–Crippen MR) is 61.4 cm³/mol. The van der Waals surface area contributed by atoms with Gasteiger partial charge in [-0.1, -0.05) is 0 Å². The van der Waals surface area contributed by atoms with Gasteiger partial charge in [0.1, 0.15) is 17.6 Å². The van der Waals surface area contributed by atoms with Gasteiger partial charge in [-0.2, -0.15) is 10.2 Å². The maximum Gasteiger partial charge on any atom is 0.162 e. The van der Waals surface area contributed by atoms with E-state index in [1.54, 1.807) is 25.0 Å². The normalized spacial score (nSPS) is 12.7. The van der Waals surface area contributed by atoms with Crippen LogP contribution in [0.1, 0.15) is 17.4 Å². The van der Waals surface area contributed by atoms with Crippen LogP contribution in [0.2, 0.25) is 0 Å². The highest BCUT2D eigenvalue weighted by molar-refractivity contribution is 5.45. The fourth-order valence-corrected chi connectivity index (χ4v) is 1.72. The van der Waals surface area contributed by atoms with Gasteiger partial charge in [0.15, 0.2) is 5.75 Å². The Hall–Kier alpha value is -2.02. The second-order valence-corrected chi connectivity index (χ2v) is 3.73. The molecule has 0 fully saturated rings. The molecular formula is C10H15N5O2. The predicted octanol–water partition coefficient (Wildman–Crippen LogP) is -0.174. The number of aryl methyl sites for hydroxylation is 2. The van der Waals surface area contributed by atoms with E-state index in [2.05, 4.69) is 10.2 Å². The quantitative estimate of drug-likeness (QED) is 0.773. The summed E-state index contributed by atoms with van der Waals surface area (Å²) in [6.07, 6.45) is 2.17. The van der Waals surface area contributed by atoms with Gasteiger partial charge >= 0.3 is 0 Å². The van der Waals surface area contributed by atoms with Gasteiger partial charge in [-0.05, 0) is 0 Å². The first-order chi connectivity index (χ1) is 8.06. The number of rotatable bonds is 3. The van der Waals surface area contributed by atoms with Crippen LogP contribution >= 0.6 is 0 Å². The summed E-state index contributed by atoms with van der Waals surface area (Å²) in [5.74, 6) is 0.934. The van der Waals surface area contributed by atoms with Gasteiger partial charge in [0.25, 0.3) is 0 Å². The molecule has 0 saturated heterocycles.